The lowest BCUT2D eigenvalue weighted by atomic mass is 9.56. The van der Waals surface area contributed by atoms with Crippen LogP contribution >= 0.6 is 0 Å². The lowest BCUT2D eigenvalue weighted by Gasteiger charge is -2.49. The van der Waals surface area contributed by atoms with Crippen LogP contribution in [0.1, 0.15) is 208 Å². The molecule has 0 heteroatoms. The quantitative estimate of drug-likeness (QED) is 0.272. The van der Waals surface area contributed by atoms with Crippen molar-refractivity contribution in [3.63, 3.8) is 0 Å². The van der Waals surface area contributed by atoms with Crippen LogP contribution in [0.3, 0.4) is 0 Å². The molecule has 4 aliphatic carbocycles. The summed E-state index contributed by atoms with van der Waals surface area (Å²) in [6, 6.07) is 0. The minimum absolute atomic E-state index is 0.529. The van der Waals surface area contributed by atoms with Gasteiger partial charge in [0.25, 0.3) is 0 Å². The molecular formula is C43H86. The van der Waals surface area contributed by atoms with Gasteiger partial charge in [-0.25, -0.2) is 0 Å². The van der Waals surface area contributed by atoms with Gasteiger partial charge in [-0.1, -0.05) is 156 Å². The topological polar surface area (TPSA) is 0 Å². The van der Waals surface area contributed by atoms with Gasteiger partial charge in [0, 0.05) is 0 Å². The fourth-order valence-electron chi connectivity index (χ4n) is 10.6. The van der Waals surface area contributed by atoms with Crippen LogP contribution in [0.5, 0.6) is 0 Å². The summed E-state index contributed by atoms with van der Waals surface area (Å²) < 4.78 is 0. The van der Waals surface area contributed by atoms with Crippen molar-refractivity contribution in [1.29, 1.82) is 0 Å². The Hall–Kier alpha value is 0. The van der Waals surface area contributed by atoms with Gasteiger partial charge in [-0.3, -0.25) is 0 Å². The molecule has 0 amide bonds. The van der Waals surface area contributed by atoms with E-state index in [-0.39, 0.29) is 0 Å². The van der Waals surface area contributed by atoms with Crippen LogP contribution < -0.4 is 0 Å². The Kier molecular flexibility index (Phi) is 15.9. The van der Waals surface area contributed by atoms with Crippen LogP contribution in [0.25, 0.3) is 0 Å². The predicted molar refractivity (Wildman–Crippen MR) is 198 cm³/mol. The first-order valence-corrected chi connectivity index (χ1v) is 19.7. The van der Waals surface area contributed by atoms with Crippen molar-refractivity contribution < 1.29 is 0 Å². The van der Waals surface area contributed by atoms with Crippen LogP contribution in [0, 0.1) is 68.5 Å². The molecule has 0 atom stereocenters. The molecule has 43 heavy (non-hydrogen) atoms. The van der Waals surface area contributed by atoms with Gasteiger partial charge < -0.3 is 0 Å². The molecule has 0 radical (unpaired) electrons. The van der Waals surface area contributed by atoms with Gasteiger partial charge in [0.2, 0.25) is 0 Å². The maximum atomic E-state index is 2.41. The molecule has 0 saturated heterocycles. The standard InChI is InChI=1S/C12H24.C11H22.2C10H20/c1-10(2)12(11(3)4)8-6-5-7-9-12;1-9(2)11(10(3)4)7-5-6-8-11;1-8(2)10(6-7-10)9(3,4)5;1-8(2)10(9(3)4)6-5-7-10/h10-11H,5-9H2,1-4H3;9-10H,5-8H2,1-4H3;8H,6-7H2,1-5H3;8-9H,5-7H2,1-4H3. The van der Waals surface area contributed by atoms with Crippen molar-refractivity contribution in [2.75, 3.05) is 0 Å². The molecule has 0 aromatic heterocycles. The maximum Gasteiger partial charge on any atom is -0.0225 e. The second kappa shape index (κ2) is 16.7. The highest BCUT2D eigenvalue weighted by Gasteiger charge is 2.53. The van der Waals surface area contributed by atoms with E-state index in [9.17, 15) is 0 Å². The molecule has 0 spiro atoms. The van der Waals surface area contributed by atoms with Gasteiger partial charge in [0.1, 0.15) is 0 Å². The first-order chi connectivity index (χ1) is 19.7. The van der Waals surface area contributed by atoms with Gasteiger partial charge in [0.15, 0.2) is 0 Å². The molecule has 0 unspecified atom stereocenters. The molecule has 0 nitrogen and oxygen atoms in total. The molecule has 0 aromatic carbocycles. The normalized spacial score (nSPS) is 23.4. The van der Waals surface area contributed by atoms with E-state index in [0.29, 0.717) is 21.7 Å². The van der Waals surface area contributed by atoms with Gasteiger partial charge in [-0.05, 0) is 120 Å². The number of hydrogen-bond donors (Lipinski definition) is 0. The largest absolute Gasteiger partial charge is 0.0622 e. The van der Waals surface area contributed by atoms with E-state index < -0.39 is 0 Å². The second-order valence-electron chi connectivity index (χ2n) is 19.3. The molecule has 4 aliphatic rings. The summed E-state index contributed by atoms with van der Waals surface area (Å²) >= 11 is 0. The Labute approximate surface area is 275 Å². The lowest BCUT2D eigenvalue weighted by molar-refractivity contribution is 0.0135. The van der Waals surface area contributed by atoms with E-state index in [1.807, 2.05) is 0 Å². The Morgan fingerprint density at radius 3 is 0.628 bits per heavy atom. The minimum atomic E-state index is 0.529. The molecule has 0 aromatic rings. The van der Waals surface area contributed by atoms with Crippen LogP contribution in [-0.2, 0) is 0 Å². The van der Waals surface area contributed by atoms with Crippen molar-refractivity contribution in [2.24, 2.45) is 68.5 Å². The van der Waals surface area contributed by atoms with E-state index in [1.165, 1.54) is 89.9 Å². The van der Waals surface area contributed by atoms with Crippen molar-refractivity contribution in [3.05, 3.63) is 0 Å². The smallest absolute Gasteiger partial charge is 0.0225 e. The first kappa shape index (κ1) is 41.0. The van der Waals surface area contributed by atoms with Crippen molar-refractivity contribution in [1.82, 2.24) is 0 Å². The van der Waals surface area contributed by atoms with E-state index >= 15 is 0 Å². The van der Waals surface area contributed by atoms with Gasteiger partial charge >= 0.3 is 0 Å². The Balaban J connectivity index is 0.000000287. The Morgan fingerprint density at radius 2 is 0.535 bits per heavy atom. The molecule has 4 rings (SSSR count). The molecule has 4 saturated carbocycles. The average molecular weight is 603 g/mol. The fraction of sp³-hybridized carbons (Fsp3) is 1.00. The highest BCUT2D eigenvalue weighted by atomic mass is 14.6. The predicted octanol–water partition coefficient (Wildman–Crippen LogP) is 15.0. The monoisotopic (exact) mass is 603 g/mol. The van der Waals surface area contributed by atoms with E-state index in [1.54, 1.807) is 0 Å². The van der Waals surface area contributed by atoms with E-state index in [4.69, 9.17) is 0 Å². The second-order valence-corrected chi connectivity index (χ2v) is 19.3. The maximum absolute atomic E-state index is 2.41. The Morgan fingerprint density at radius 1 is 0.302 bits per heavy atom. The van der Waals surface area contributed by atoms with Crippen LogP contribution in [0.15, 0.2) is 0 Å². The summed E-state index contributed by atoms with van der Waals surface area (Å²) in [6.45, 7) is 40.5. The van der Waals surface area contributed by atoms with E-state index in [0.717, 1.165) is 46.8 Å². The molecule has 0 heterocycles. The summed E-state index contributed by atoms with van der Waals surface area (Å²) in [7, 11) is 0. The summed E-state index contributed by atoms with van der Waals surface area (Å²) in [5, 5.41) is 0. The highest BCUT2D eigenvalue weighted by Crippen LogP contribution is 2.63. The van der Waals surface area contributed by atoms with Crippen LogP contribution in [0.2, 0.25) is 0 Å². The third-order valence-corrected chi connectivity index (χ3v) is 14.9. The van der Waals surface area contributed by atoms with Crippen LogP contribution in [-0.4, -0.2) is 0 Å². The zero-order valence-electron chi connectivity index (χ0n) is 33.4. The SMILES string of the molecule is CC(C)C1(C(C)(C)C)CC1.CC(C)C1(C(C)C)CCC1.CC(C)C1(C(C)C)CCCC1.CC(C)C1(C(C)C)CCCCC1. The average Bonchev–Trinajstić information content (AvgIpc) is 3.55. The molecule has 258 valence electrons. The van der Waals surface area contributed by atoms with Crippen molar-refractivity contribution in [2.45, 2.75) is 208 Å². The Bertz CT molecular complexity index is 693. The third-order valence-electron chi connectivity index (χ3n) is 14.9. The third kappa shape index (κ3) is 9.75. The van der Waals surface area contributed by atoms with Gasteiger partial charge in [0.05, 0.1) is 0 Å². The molecule has 4 fully saturated rings. The molecule has 0 bridgehead atoms. The van der Waals surface area contributed by atoms with E-state index in [2.05, 4.69) is 118 Å². The van der Waals surface area contributed by atoms with Crippen molar-refractivity contribution in [3.8, 4) is 0 Å². The van der Waals surface area contributed by atoms with Crippen molar-refractivity contribution >= 4 is 0 Å². The number of hydrogen-bond acceptors (Lipinski definition) is 0. The van der Waals surface area contributed by atoms with Gasteiger partial charge in [-0.15, -0.1) is 0 Å². The summed E-state index contributed by atoms with van der Waals surface area (Å²) in [6.07, 6.45) is 20.6. The summed E-state index contributed by atoms with van der Waals surface area (Å²) in [4.78, 5) is 0. The van der Waals surface area contributed by atoms with Gasteiger partial charge in [-0.2, -0.15) is 0 Å². The first-order valence-electron chi connectivity index (χ1n) is 19.7. The lowest BCUT2D eigenvalue weighted by Crippen LogP contribution is -2.39. The highest BCUT2D eigenvalue weighted by molar-refractivity contribution is 5.03. The molecular weight excluding hydrogens is 516 g/mol. The number of rotatable bonds is 7. The molecule has 0 N–H and O–H groups in total. The fourth-order valence-corrected chi connectivity index (χ4v) is 10.6. The zero-order chi connectivity index (χ0) is 33.4. The minimum Gasteiger partial charge on any atom is -0.0622 e. The van der Waals surface area contributed by atoms with Crippen LogP contribution in [0.4, 0.5) is 0 Å². The summed E-state index contributed by atoms with van der Waals surface area (Å²) in [5.74, 6) is 6.15. The zero-order valence-corrected chi connectivity index (χ0v) is 33.4. The summed E-state index contributed by atoms with van der Waals surface area (Å²) in [5.41, 5.74) is 3.31. The molecule has 0 aliphatic heterocycles.